The van der Waals surface area contributed by atoms with E-state index in [1.807, 2.05) is 42.6 Å². The summed E-state index contributed by atoms with van der Waals surface area (Å²) in [6, 6.07) is 11.7. The van der Waals surface area contributed by atoms with Crippen molar-refractivity contribution in [2.24, 2.45) is 0 Å². The van der Waals surface area contributed by atoms with Crippen molar-refractivity contribution >= 4 is 21.5 Å². The Bertz CT molecular complexity index is 1230. The fourth-order valence-electron chi connectivity index (χ4n) is 3.93. The second kappa shape index (κ2) is 5.23. The molecule has 27 heavy (non-hydrogen) atoms. The average molecular weight is 361 g/mol. The van der Waals surface area contributed by atoms with Crippen molar-refractivity contribution in [1.82, 2.24) is 4.98 Å². The monoisotopic (exact) mass is 361 g/mol. The molecule has 3 aromatic carbocycles. The number of hydrogen-bond acceptors (Lipinski definition) is 5. The third-order valence-corrected chi connectivity index (χ3v) is 5.12. The molecule has 6 heteroatoms. The number of ether oxygens (including phenoxy) is 4. The molecule has 0 saturated carbocycles. The smallest absolute Gasteiger partial charge is 0.231 e. The van der Waals surface area contributed by atoms with Crippen LogP contribution >= 0.6 is 0 Å². The molecule has 1 aromatic heterocycles. The third kappa shape index (κ3) is 2.01. The van der Waals surface area contributed by atoms with Gasteiger partial charge in [-0.2, -0.15) is 0 Å². The van der Waals surface area contributed by atoms with Crippen LogP contribution in [0.4, 0.5) is 0 Å². The number of rotatable bonds is 1. The highest BCUT2D eigenvalue weighted by molar-refractivity contribution is 6.16. The fourth-order valence-corrected chi connectivity index (χ4v) is 3.93. The number of aromatic nitrogens is 1. The maximum atomic E-state index is 10.3. The summed E-state index contributed by atoms with van der Waals surface area (Å²) in [5.41, 5.74) is 1.91. The maximum absolute atomic E-state index is 10.3. The molecule has 0 bridgehead atoms. The van der Waals surface area contributed by atoms with Crippen molar-refractivity contribution in [1.29, 1.82) is 0 Å². The normalized spacial score (nSPS) is 14.8. The van der Waals surface area contributed by atoms with Crippen LogP contribution in [0.1, 0.15) is 0 Å². The zero-order valence-corrected chi connectivity index (χ0v) is 14.2. The lowest BCUT2D eigenvalue weighted by atomic mass is 9.92. The van der Waals surface area contributed by atoms with Crippen LogP contribution in [0, 0.1) is 0 Å². The summed E-state index contributed by atoms with van der Waals surface area (Å²) in [6.07, 6.45) is 1.81. The first kappa shape index (κ1) is 14.6. The van der Waals surface area contributed by atoms with E-state index in [1.54, 1.807) is 0 Å². The molecule has 3 heterocycles. The van der Waals surface area contributed by atoms with Crippen LogP contribution in [0.5, 0.6) is 28.9 Å². The number of nitrogens with one attached hydrogen (secondary N) is 1. The van der Waals surface area contributed by atoms with E-state index >= 15 is 0 Å². The molecular formula is C21H15NO5. The Morgan fingerprint density at radius 1 is 0.815 bits per heavy atom. The van der Waals surface area contributed by atoms with E-state index in [9.17, 15) is 5.11 Å². The zero-order valence-electron chi connectivity index (χ0n) is 14.2. The summed E-state index contributed by atoms with van der Waals surface area (Å²) in [4.78, 5) is 2.92. The number of fused-ring (bicyclic) bond motifs is 5. The molecule has 0 amide bonds. The van der Waals surface area contributed by atoms with E-state index < -0.39 is 0 Å². The molecule has 6 nitrogen and oxygen atoms in total. The first-order chi connectivity index (χ1) is 13.3. The topological polar surface area (TPSA) is 72.9 Å². The van der Waals surface area contributed by atoms with Crippen molar-refractivity contribution in [3.8, 4) is 40.0 Å². The lowest BCUT2D eigenvalue weighted by Crippen LogP contribution is -2.15. The van der Waals surface area contributed by atoms with Crippen LogP contribution in [0.25, 0.3) is 32.7 Å². The predicted molar refractivity (Wildman–Crippen MR) is 100 cm³/mol. The molecule has 2 aliphatic rings. The highest BCUT2D eigenvalue weighted by Gasteiger charge is 2.23. The Labute approximate surface area is 153 Å². The summed E-state index contributed by atoms with van der Waals surface area (Å²) in [6.45, 7) is 1.26. The first-order valence-electron chi connectivity index (χ1n) is 8.75. The van der Waals surface area contributed by atoms with E-state index in [2.05, 4.69) is 4.98 Å². The quantitative estimate of drug-likeness (QED) is 0.532. The Hall–Kier alpha value is -3.54. The SMILES string of the molecule is Oc1[nH]cc2c(-c3ccc4c(c3)OCO4)c3c4c(ccc3cc12)OCCO4. The van der Waals surface area contributed by atoms with Crippen molar-refractivity contribution in [3.05, 3.63) is 42.6 Å². The van der Waals surface area contributed by atoms with Gasteiger partial charge in [-0.3, -0.25) is 0 Å². The van der Waals surface area contributed by atoms with Crippen molar-refractivity contribution in [3.63, 3.8) is 0 Å². The lowest BCUT2D eigenvalue weighted by Gasteiger charge is -2.22. The number of aromatic amines is 1. The van der Waals surface area contributed by atoms with Gasteiger partial charge in [-0.05, 0) is 35.2 Å². The summed E-state index contributed by atoms with van der Waals surface area (Å²) in [7, 11) is 0. The molecular weight excluding hydrogens is 346 g/mol. The molecule has 4 aromatic rings. The Balaban J connectivity index is 1.76. The Kier molecular flexibility index (Phi) is 2.83. The Morgan fingerprint density at radius 3 is 2.63 bits per heavy atom. The van der Waals surface area contributed by atoms with Crippen LogP contribution < -0.4 is 18.9 Å². The van der Waals surface area contributed by atoms with E-state index in [-0.39, 0.29) is 12.7 Å². The van der Waals surface area contributed by atoms with E-state index in [1.165, 1.54) is 0 Å². The van der Waals surface area contributed by atoms with Crippen LogP contribution in [0.3, 0.4) is 0 Å². The maximum Gasteiger partial charge on any atom is 0.231 e. The minimum absolute atomic E-state index is 0.142. The van der Waals surface area contributed by atoms with Crippen LogP contribution in [-0.2, 0) is 0 Å². The van der Waals surface area contributed by atoms with Crippen LogP contribution in [0.15, 0.2) is 42.6 Å². The van der Waals surface area contributed by atoms with Gasteiger partial charge in [0.05, 0.1) is 0 Å². The third-order valence-electron chi connectivity index (χ3n) is 5.12. The second-order valence-corrected chi connectivity index (χ2v) is 6.61. The van der Waals surface area contributed by atoms with Gasteiger partial charge in [0.2, 0.25) is 6.79 Å². The molecule has 0 spiro atoms. The van der Waals surface area contributed by atoms with E-state index in [4.69, 9.17) is 18.9 Å². The fraction of sp³-hybridized carbons (Fsp3) is 0.143. The van der Waals surface area contributed by atoms with E-state index in [0.717, 1.165) is 49.9 Å². The second-order valence-electron chi connectivity index (χ2n) is 6.61. The van der Waals surface area contributed by atoms with E-state index in [0.29, 0.717) is 19.0 Å². The van der Waals surface area contributed by atoms with Crippen molar-refractivity contribution in [2.45, 2.75) is 0 Å². The molecule has 6 rings (SSSR count). The van der Waals surface area contributed by atoms with Crippen molar-refractivity contribution in [2.75, 3.05) is 20.0 Å². The lowest BCUT2D eigenvalue weighted by molar-refractivity contribution is 0.174. The number of hydrogen-bond donors (Lipinski definition) is 2. The van der Waals surface area contributed by atoms with Gasteiger partial charge in [0.1, 0.15) is 13.2 Å². The zero-order chi connectivity index (χ0) is 18.0. The summed E-state index contributed by atoms with van der Waals surface area (Å²) < 4.78 is 22.8. The molecule has 2 aliphatic heterocycles. The summed E-state index contributed by atoms with van der Waals surface area (Å²) in [5.74, 6) is 3.04. The van der Waals surface area contributed by atoms with Crippen molar-refractivity contribution < 1.29 is 24.1 Å². The van der Waals surface area contributed by atoms with Gasteiger partial charge in [0.15, 0.2) is 28.9 Å². The van der Waals surface area contributed by atoms with Crippen LogP contribution in [0.2, 0.25) is 0 Å². The molecule has 134 valence electrons. The molecule has 0 unspecified atom stereocenters. The molecule has 2 N–H and O–H groups in total. The molecule has 0 aliphatic carbocycles. The van der Waals surface area contributed by atoms with Gasteiger partial charge in [0, 0.05) is 27.9 Å². The molecule has 0 fully saturated rings. The summed E-state index contributed by atoms with van der Waals surface area (Å²) in [5, 5.41) is 13.9. The predicted octanol–water partition coefficient (Wildman–Crippen LogP) is 4.19. The average Bonchev–Trinajstić information content (AvgIpc) is 3.32. The minimum atomic E-state index is 0.142. The van der Waals surface area contributed by atoms with Gasteiger partial charge >= 0.3 is 0 Å². The largest absolute Gasteiger partial charge is 0.494 e. The van der Waals surface area contributed by atoms with Crippen LogP contribution in [-0.4, -0.2) is 30.1 Å². The highest BCUT2D eigenvalue weighted by atomic mass is 16.7. The number of H-pyrrole nitrogens is 1. The number of aromatic hydroxyl groups is 1. The van der Waals surface area contributed by atoms with Gasteiger partial charge in [0.25, 0.3) is 0 Å². The summed E-state index contributed by atoms with van der Waals surface area (Å²) >= 11 is 0. The van der Waals surface area contributed by atoms with Gasteiger partial charge in [-0.1, -0.05) is 12.1 Å². The standard InChI is InChI=1S/C21H15NO5/c23-21-13-7-11-2-4-16-20(25-6-5-24-16)19(11)18(14(13)9-22-21)12-1-3-15-17(8-12)27-10-26-15/h1-4,7-9,22-23H,5-6,10H2. The van der Waals surface area contributed by atoms with Gasteiger partial charge in [-0.15, -0.1) is 0 Å². The van der Waals surface area contributed by atoms with Gasteiger partial charge in [-0.25, -0.2) is 0 Å². The molecule has 0 radical (unpaired) electrons. The van der Waals surface area contributed by atoms with Gasteiger partial charge < -0.3 is 29.0 Å². The first-order valence-corrected chi connectivity index (χ1v) is 8.75. The minimum Gasteiger partial charge on any atom is -0.494 e. The molecule has 0 atom stereocenters. The number of benzene rings is 3. The highest BCUT2D eigenvalue weighted by Crippen LogP contribution is 2.48. The Morgan fingerprint density at radius 2 is 1.67 bits per heavy atom. The molecule has 0 saturated heterocycles.